The molecule has 5 rings (SSSR count). The Morgan fingerprint density at radius 3 is 2.44 bits per heavy atom. The molecule has 4 aliphatic carbocycles. The number of carbonyl (C=O) groups excluding carboxylic acids is 4. The van der Waals surface area contributed by atoms with Crippen molar-refractivity contribution in [3.8, 4) is 5.75 Å². The Morgan fingerprint density at radius 2 is 1.83 bits per heavy atom. The van der Waals surface area contributed by atoms with Gasteiger partial charge in [0.25, 0.3) is 5.91 Å². The Hall–Kier alpha value is -3.81. The summed E-state index contributed by atoms with van der Waals surface area (Å²) < 4.78 is 15.4. The highest BCUT2D eigenvalue weighted by Crippen LogP contribution is 2.53. The largest absolute Gasteiger partial charge is 0.510 e. The van der Waals surface area contributed by atoms with Crippen LogP contribution in [0.3, 0.4) is 0 Å². The number of phenolic OH excluding ortho intramolecular Hbond substituents is 1. The van der Waals surface area contributed by atoms with Crippen LogP contribution in [-0.2, 0) is 20.8 Å². The lowest BCUT2D eigenvalue weighted by Gasteiger charge is -2.50. The van der Waals surface area contributed by atoms with E-state index in [1.54, 1.807) is 0 Å². The summed E-state index contributed by atoms with van der Waals surface area (Å²) >= 11 is 0. The third-order valence-electron chi connectivity index (χ3n) is 8.85. The van der Waals surface area contributed by atoms with Gasteiger partial charge in [-0.05, 0) is 45.7 Å². The molecule has 0 heterocycles. The molecule has 0 bridgehead atoms. The van der Waals surface area contributed by atoms with Gasteiger partial charge in [-0.15, -0.1) is 0 Å². The average molecular weight is 573 g/mol. The predicted octanol–water partition coefficient (Wildman–Crippen LogP) is 0.730. The number of allylic oxidation sites excluding steroid dienone is 1. The van der Waals surface area contributed by atoms with Crippen LogP contribution in [0.2, 0.25) is 0 Å². The van der Waals surface area contributed by atoms with Crippen molar-refractivity contribution in [2.45, 2.75) is 56.2 Å². The maximum absolute atomic E-state index is 15.4. The summed E-state index contributed by atoms with van der Waals surface area (Å²) in [6, 6.07) is -0.0391. The van der Waals surface area contributed by atoms with E-state index in [9.17, 15) is 39.6 Å². The molecular formula is C28H33FN4O8. The second-order valence-electron chi connectivity index (χ2n) is 11.5. The van der Waals surface area contributed by atoms with E-state index in [1.165, 1.54) is 19.0 Å². The van der Waals surface area contributed by atoms with Gasteiger partial charge in [0.2, 0.25) is 11.7 Å². The molecule has 1 fully saturated rings. The number of ketones is 2. The van der Waals surface area contributed by atoms with Gasteiger partial charge in [-0.3, -0.25) is 24.1 Å². The zero-order valence-electron chi connectivity index (χ0n) is 22.7. The molecule has 0 spiro atoms. The number of anilines is 1. The highest BCUT2D eigenvalue weighted by molar-refractivity contribution is 6.25. The topological polar surface area (TPSA) is 203 Å². The molecule has 0 saturated heterocycles. The van der Waals surface area contributed by atoms with Crippen LogP contribution in [0.5, 0.6) is 5.75 Å². The van der Waals surface area contributed by atoms with Crippen molar-refractivity contribution in [1.29, 1.82) is 0 Å². The zero-order valence-corrected chi connectivity index (χ0v) is 22.7. The molecule has 13 heteroatoms. The summed E-state index contributed by atoms with van der Waals surface area (Å²) in [7, 11) is 3.04. The SMILES string of the molecule is CN(C)C1C(O)=C(C(N)=O)C(=O)[C@@]2(O)C(O)=C3C(=O)c4c(O)c(NC(=O)CNC5CCCC5)cc(F)c4CC3C[C@@H]12. The summed E-state index contributed by atoms with van der Waals surface area (Å²) in [6.45, 7) is -0.0864. The summed E-state index contributed by atoms with van der Waals surface area (Å²) in [5.74, 6) is -9.71. The number of amides is 2. The van der Waals surface area contributed by atoms with Crippen molar-refractivity contribution in [3.63, 3.8) is 0 Å². The first-order valence-electron chi connectivity index (χ1n) is 13.5. The fourth-order valence-corrected chi connectivity index (χ4v) is 6.93. The molecule has 1 saturated carbocycles. The standard InChI is InChI=1S/C28H33FN4O8/c1-33(2)21-14-8-11-7-13-15(29)9-16(32-17(34)10-31-12-5-3-4-6-12)22(35)19(13)23(36)18(11)25(38)28(14,41)26(39)20(24(21)37)27(30)40/h9,11-12,14,21,31,35,37-38,41H,3-8,10H2,1-2H3,(H2,30,40)(H,32,34)/t11?,14-,21?,28-/m0/s1. The molecule has 2 amide bonds. The number of hydrogen-bond acceptors (Lipinski definition) is 10. The maximum Gasteiger partial charge on any atom is 0.255 e. The Morgan fingerprint density at radius 1 is 1.17 bits per heavy atom. The van der Waals surface area contributed by atoms with Gasteiger partial charge in [0, 0.05) is 29.2 Å². The Kier molecular flexibility index (Phi) is 7.16. The Bertz CT molecular complexity index is 1430. The summed E-state index contributed by atoms with van der Waals surface area (Å²) in [6.07, 6.45) is 3.63. The number of aliphatic hydroxyl groups excluding tert-OH is 2. The number of hydrogen-bond donors (Lipinski definition) is 7. The lowest BCUT2D eigenvalue weighted by Crippen LogP contribution is -2.63. The first kappa shape index (κ1) is 28.7. The average Bonchev–Trinajstić information content (AvgIpc) is 3.41. The number of phenols is 1. The van der Waals surface area contributed by atoms with Gasteiger partial charge in [0.15, 0.2) is 17.1 Å². The molecule has 4 aliphatic rings. The molecule has 0 aliphatic heterocycles. The zero-order chi connectivity index (χ0) is 30.0. The van der Waals surface area contributed by atoms with Gasteiger partial charge in [-0.1, -0.05) is 12.8 Å². The predicted molar refractivity (Wildman–Crippen MR) is 143 cm³/mol. The molecule has 2 unspecified atom stereocenters. The number of benzene rings is 1. The number of aliphatic hydroxyl groups is 3. The van der Waals surface area contributed by atoms with E-state index in [0.717, 1.165) is 31.7 Å². The fraction of sp³-hybridized carbons (Fsp3) is 0.500. The van der Waals surface area contributed by atoms with Crippen LogP contribution in [0.25, 0.3) is 0 Å². The van der Waals surface area contributed by atoms with E-state index in [1.807, 2.05) is 0 Å². The molecule has 1 aromatic carbocycles. The van der Waals surface area contributed by atoms with E-state index in [0.29, 0.717) is 0 Å². The van der Waals surface area contributed by atoms with Gasteiger partial charge in [0.05, 0.1) is 23.8 Å². The van der Waals surface area contributed by atoms with E-state index in [-0.39, 0.29) is 36.7 Å². The van der Waals surface area contributed by atoms with Gasteiger partial charge >= 0.3 is 0 Å². The molecular weight excluding hydrogens is 539 g/mol. The number of aromatic hydroxyl groups is 1. The first-order valence-corrected chi connectivity index (χ1v) is 13.5. The van der Waals surface area contributed by atoms with Crippen LogP contribution in [0, 0.1) is 17.7 Å². The van der Waals surface area contributed by atoms with Crippen LogP contribution in [0.15, 0.2) is 28.7 Å². The number of Topliss-reactive ketones (excluding diaryl/α,β-unsaturated/α-hetero) is 2. The molecule has 0 radical (unpaired) electrons. The number of fused-ring (bicyclic) bond motifs is 3. The van der Waals surface area contributed by atoms with E-state index in [4.69, 9.17) is 5.73 Å². The first-order chi connectivity index (χ1) is 19.3. The van der Waals surface area contributed by atoms with Crippen molar-refractivity contribution in [1.82, 2.24) is 10.2 Å². The van der Waals surface area contributed by atoms with Gasteiger partial charge < -0.3 is 36.8 Å². The lowest BCUT2D eigenvalue weighted by atomic mass is 9.58. The Labute approximate surface area is 234 Å². The van der Waals surface area contributed by atoms with E-state index in [2.05, 4.69) is 10.6 Å². The van der Waals surface area contributed by atoms with E-state index < -0.39 is 86.7 Å². The number of nitrogens with zero attached hydrogens (tertiary/aromatic N) is 1. The fourth-order valence-electron chi connectivity index (χ4n) is 6.93. The molecule has 12 nitrogen and oxygen atoms in total. The smallest absolute Gasteiger partial charge is 0.255 e. The van der Waals surface area contributed by atoms with Crippen molar-refractivity contribution in [2.75, 3.05) is 26.0 Å². The molecule has 220 valence electrons. The number of primary amides is 1. The van der Waals surface area contributed by atoms with Gasteiger partial charge in [0.1, 0.15) is 22.9 Å². The number of rotatable bonds is 6. The Balaban J connectivity index is 1.54. The highest BCUT2D eigenvalue weighted by atomic mass is 19.1. The molecule has 1 aromatic rings. The highest BCUT2D eigenvalue weighted by Gasteiger charge is 2.63. The second-order valence-corrected chi connectivity index (χ2v) is 11.5. The van der Waals surface area contributed by atoms with Crippen LogP contribution < -0.4 is 16.4 Å². The number of halogens is 1. The van der Waals surface area contributed by atoms with Crippen molar-refractivity contribution in [2.24, 2.45) is 17.6 Å². The second kappa shape index (κ2) is 10.2. The monoisotopic (exact) mass is 572 g/mol. The number of carbonyl (C=O) groups is 4. The third-order valence-corrected chi connectivity index (χ3v) is 8.85. The van der Waals surface area contributed by atoms with Gasteiger partial charge in [-0.25, -0.2) is 4.39 Å². The lowest BCUT2D eigenvalue weighted by molar-refractivity contribution is -0.148. The van der Waals surface area contributed by atoms with E-state index >= 15 is 4.39 Å². The maximum atomic E-state index is 15.4. The minimum absolute atomic E-state index is 0.0864. The van der Waals surface area contributed by atoms with Crippen molar-refractivity contribution >= 4 is 29.1 Å². The molecule has 41 heavy (non-hydrogen) atoms. The number of nitrogens with one attached hydrogen (secondary N) is 2. The molecule has 4 atom stereocenters. The summed E-state index contributed by atoms with van der Waals surface area (Å²) in [5, 5.41) is 50.2. The van der Waals surface area contributed by atoms with Crippen molar-refractivity contribution in [3.05, 3.63) is 45.7 Å². The van der Waals surface area contributed by atoms with Crippen LogP contribution in [0.4, 0.5) is 10.1 Å². The minimum Gasteiger partial charge on any atom is -0.510 e. The molecule has 8 N–H and O–H groups in total. The van der Waals surface area contributed by atoms with Crippen molar-refractivity contribution < 1.29 is 44.0 Å². The number of likely N-dealkylation sites (N-methyl/N-ethyl adjacent to an activating group) is 1. The summed E-state index contributed by atoms with van der Waals surface area (Å²) in [5.41, 5.74) is 0.201. The molecule has 0 aromatic heterocycles. The third kappa shape index (κ3) is 4.39. The van der Waals surface area contributed by atoms with Crippen LogP contribution in [-0.4, -0.2) is 87.0 Å². The van der Waals surface area contributed by atoms with Gasteiger partial charge in [-0.2, -0.15) is 0 Å². The normalized spacial score (nSPS) is 28.1. The van der Waals surface area contributed by atoms with Crippen LogP contribution in [0.1, 0.15) is 48.0 Å². The number of nitrogens with two attached hydrogens (primary N) is 1. The quantitative estimate of drug-likeness (QED) is 0.188. The van der Waals surface area contributed by atoms with Crippen LogP contribution >= 0.6 is 0 Å². The minimum atomic E-state index is -2.80. The summed E-state index contributed by atoms with van der Waals surface area (Å²) in [4.78, 5) is 53.1.